The Morgan fingerprint density at radius 1 is 1.69 bits per heavy atom. The van der Waals surface area contributed by atoms with E-state index < -0.39 is 5.92 Å². The first-order valence-corrected chi connectivity index (χ1v) is 5.47. The van der Waals surface area contributed by atoms with Gasteiger partial charge in [0.1, 0.15) is 0 Å². The molecule has 0 aliphatic heterocycles. The average Bonchev–Trinajstić information content (AvgIpc) is 2.23. The number of carbonyl (C=O) groups is 1. The van der Waals surface area contributed by atoms with Crippen molar-refractivity contribution >= 4 is 11.7 Å². The molecule has 1 aliphatic rings. The second-order valence-electron chi connectivity index (χ2n) is 4.00. The SMILES string of the molecule is CCOC1CC(NC(=O)C(C)C(N)=NO)C1. The van der Waals surface area contributed by atoms with Gasteiger partial charge >= 0.3 is 0 Å². The number of nitrogens with zero attached hydrogens (tertiary/aromatic N) is 1. The molecule has 0 aromatic rings. The van der Waals surface area contributed by atoms with E-state index in [0.29, 0.717) is 6.61 Å². The zero-order valence-electron chi connectivity index (χ0n) is 9.64. The van der Waals surface area contributed by atoms with Crippen LogP contribution in [-0.2, 0) is 9.53 Å². The molecular formula is C10H19N3O3. The van der Waals surface area contributed by atoms with E-state index in [-0.39, 0.29) is 23.9 Å². The van der Waals surface area contributed by atoms with E-state index in [0.717, 1.165) is 12.8 Å². The summed E-state index contributed by atoms with van der Waals surface area (Å²) < 4.78 is 5.38. The van der Waals surface area contributed by atoms with Crippen LogP contribution in [0.15, 0.2) is 5.16 Å². The Hall–Kier alpha value is -1.30. The van der Waals surface area contributed by atoms with Crippen LogP contribution >= 0.6 is 0 Å². The smallest absolute Gasteiger partial charge is 0.230 e. The van der Waals surface area contributed by atoms with Crippen LogP contribution in [0.25, 0.3) is 0 Å². The predicted octanol–water partition coefficient (Wildman–Crippen LogP) is 0.0526. The number of ether oxygens (including phenoxy) is 1. The molecule has 1 rings (SSSR count). The summed E-state index contributed by atoms with van der Waals surface area (Å²) in [7, 11) is 0. The van der Waals surface area contributed by atoms with Crippen molar-refractivity contribution in [3.63, 3.8) is 0 Å². The minimum absolute atomic E-state index is 0.0711. The van der Waals surface area contributed by atoms with Crippen LogP contribution in [-0.4, -0.2) is 35.7 Å². The van der Waals surface area contributed by atoms with Gasteiger partial charge in [0.05, 0.1) is 12.0 Å². The Morgan fingerprint density at radius 3 is 2.81 bits per heavy atom. The highest BCUT2D eigenvalue weighted by Crippen LogP contribution is 2.23. The molecule has 0 radical (unpaired) electrons. The molecule has 0 bridgehead atoms. The predicted molar refractivity (Wildman–Crippen MR) is 59.2 cm³/mol. The average molecular weight is 229 g/mol. The maximum absolute atomic E-state index is 11.6. The first-order valence-electron chi connectivity index (χ1n) is 5.47. The number of carbonyl (C=O) groups excluding carboxylic acids is 1. The van der Waals surface area contributed by atoms with Crippen molar-refractivity contribution in [2.45, 2.75) is 38.8 Å². The molecule has 0 heterocycles. The number of amides is 1. The van der Waals surface area contributed by atoms with Crippen molar-refractivity contribution in [1.29, 1.82) is 0 Å². The van der Waals surface area contributed by atoms with Gasteiger partial charge in [0, 0.05) is 12.6 Å². The lowest BCUT2D eigenvalue weighted by Crippen LogP contribution is -2.50. The fourth-order valence-corrected chi connectivity index (χ4v) is 1.60. The molecule has 6 nitrogen and oxygen atoms in total. The van der Waals surface area contributed by atoms with Crippen molar-refractivity contribution in [3.05, 3.63) is 0 Å². The van der Waals surface area contributed by atoms with Gasteiger partial charge in [-0.3, -0.25) is 4.79 Å². The quantitative estimate of drug-likeness (QED) is 0.268. The second-order valence-corrected chi connectivity index (χ2v) is 4.00. The van der Waals surface area contributed by atoms with Crippen LogP contribution in [0.5, 0.6) is 0 Å². The summed E-state index contributed by atoms with van der Waals surface area (Å²) in [5, 5.41) is 14.1. The number of nitrogens with one attached hydrogen (secondary N) is 1. The van der Waals surface area contributed by atoms with E-state index in [4.69, 9.17) is 15.7 Å². The molecule has 1 aliphatic carbocycles. The topological polar surface area (TPSA) is 96.9 Å². The first kappa shape index (κ1) is 12.8. The van der Waals surface area contributed by atoms with E-state index in [9.17, 15) is 4.79 Å². The van der Waals surface area contributed by atoms with Gasteiger partial charge in [0.2, 0.25) is 5.91 Å². The Labute approximate surface area is 94.8 Å². The maximum Gasteiger partial charge on any atom is 0.230 e. The Kier molecular flexibility index (Phi) is 4.54. The normalized spacial score (nSPS) is 27.0. The zero-order chi connectivity index (χ0) is 12.1. The summed E-state index contributed by atoms with van der Waals surface area (Å²) in [6.45, 7) is 4.25. The molecule has 6 heteroatoms. The van der Waals surface area contributed by atoms with Crippen LogP contribution in [0.2, 0.25) is 0 Å². The van der Waals surface area contributed by atoms with Crippen LogP contribution < -0.4 is 11.1 Å². The highest BCUT2D eigenvalue weighted by atomic mass is 16.5. The summed E-state index contributed by atoms with van der Waals surface area (Å²) in [6, 6.07) is 0.151. The fourth-order valence-electron chi connectivity index (χ4n) is 1.60. The molecule has 92 valence electrons. The van der Waals surface area contributed by atoms with Gasteiger partial charge in [-0.25, -0.2) is 0 Å². The summed E-state index contributed by atoms with van der Waals surface area (Å²) in [6.07, 6.45) is 1.93. The molecule has 1 unspecified atom stereocenters. The van der Waals surface area contributed by atoms with Crippen molar-refractivity contribution in [1.82, 2.24) is 5.32 Å². The third-order valence-electron chi connectivity index (χ3n) is 2.80. The van der Waals surface area contributed by atoms with E-state index in [1.54, 1.807) is 6.92 Å². The van der Waals surface area contributed by atoms with Gasteiger partial charge in [0.25, 0.3) is 0 Å². The monoisotopic (exact) mass is 229 g/mol. The fraction of sp³-hybridized carbons (Fsp3) is 0.800. The molecule has 0 spiro atoms. The van der Waals surface area contributed by atoms with E-state index in [1.807, 2.05) is 6.92 Å². The summed E-state index contributed by atoms with van der Waals surface area (Å²) in [5.41, 5.74) is 5.34. The number of rotatable bonds is 5. The van der Waals surface area contributed by atoms with Crippen LogP contribution in [0.4, 0.5) is 0 Å². The lowest BCUT2D eigenvalue weighted by Gasteiger charge is -2.35. The van der Waals surface area contributed by atoms with E-state index in [1.165, 1.54) is 0 Å². The molecule has 0 aromatic heterocycles. The standard InChI is InChI=1S/C10H19N3O3/c1-3-16-8-4-7(5-8)12-10(14)6(2)9(11)13-15/h6-8,15H,3-5H2,1-2H3,(H2,11,13)(H,12,14). The van der Waals surface area contributed by atoms with Crippen LogP contribution in [0.3, 0.4) is 0 Å². The van der Waals surface area contributed by atoms with Crippen molar-refractivity contribution < 1.29 is 14.7 Å². The van der Waals surface area contributed by atoms with Crippen molar-refractivity contribution in [2.24, 2.45) is 16.8 Å². The van der Waals surface area contributed by atoms with Gasteiger partial charge in [-0.05, 0) is 26.7 Å². The Bertz CT molecular complexity index is 274. The van der Waals surface area contributed by atoms with Gasteiger partial charge in [-0.2, -0.15) is 0 Å². The number of amidine groups is 1. The van der Waals surface area contributed by atoms with Gasteiger partial charge in [0.15, 0.2) is 5.84 Å². The Balaban J connectivity index is 2.27. The minimum Gasteiger partial charge on any atom is -0.409 e. The maximum atomic E-state index is 11.6. The molecule has 0 aromatic carbocycles. The zero-order valence-corrected chi connectivity index (χ0v) is 9.64. The van der Waals surface area contributed by atoms with Crippen LogP contribution in [0.1, 0.15) is 26.7 Å². The highest BCUT2D eigenvalue weighted by Gasteiger charge is 2.32. The number of oxime groups is 1. The largest absolute Gasteiger partial charge is 0.409 e. The van der Waals surface area contributed by atoms with E-state index >= 15 is 0 Å². The van der Waals surface area contributed by atoms with Crippen LogP contribution in [0, 0.1) is 5.92 Å². The molecule has 16 heavy (non-hydrogen) atoms. The number of hydrogen-bond donors (Lipinski definition) is 3. The molecule has 1 atom stereocenters. The number of hydrogen-bond acceptors (Lipinski definition) is 4. The van der Waals surface area contributed by atoms with Crippen molar-refractivity contribution in [2.75, 3.05) is 6.61 Å². The molecule has 1 fully saturated rings. The summed E-state index contributed by atoms with van der Waals surface area (Å²) in [4.78, 5) is 11.6. The van der Waals surface area contributed by atoms with Gasteiger partial charge in [-0.1, -0.05) is 5.16 Å². The summed E-state index contributed by atoms with van der Waals surface area (Å²) in [5.74, 6) is -0.885. The lowest BCUT2D eigenvalue weighted by molar-refractivity contribution is -0.125. The first-order chi connectivity index (χ1) is 7.58. The second kappa shape index (κ2) is 5.69. The minimum atomic E-state index is -0.601. The number of nitrogens with two attached hydrogens (primary N) is 1. The highest BCUT2D eigenvalue weighted by molar-refractivity contribution is 6.01. The molecule has 1 saturated carbocycles. The summed E-state index contributed by atoms with van der Waals surface area (Å²) >= 11 is 0. The van der Waals surface area contributed by atoms with E-state index in [2.05, 4.69) is 10.5 Å². The van der Waals surface area contributed by atoms with Crippen molar-refractivity contribution in [3.8, 4) is 0 Å². The van der Waals surface area contributed by atoms with Gasteiger partial charge in [-0.15, -0.1) is 0 Å². The Morgan fingerprint density at radius 2 is 2.31 bits per heavy atom. The third-order valence-corrected chi connectivity index (χ3v) is 2.80. The molecule has 1 amide bonds. The molecular weight excluding hydrogens is 210 g/mol. The lowest BCUT2D eigenvalue weighted by atomic mass is 9.88. The molecule has 0 saturated heterocycles. The molecule has 4 N–H and O–H groups in total. The van der Waals surface area contributed by atoms with Gasteiger partial charge < -0.3 is 21.0 Å². The third kappa shape index (κ3) is 3.10.